The van der Waals surface area contributed by atoms with Gasteiger partial charge >= 0.3 is 72.0 Å². The Kier molecular flexibility index (Phi) is 56.4. The predicted molar refractivity (Wildman–Crippen MR) is 481 cm³/mol. The maximum Gasteiger partial charge on any atom is 0.415 e. The van der Waals surface area contributed by atoms with E-state index in [1.165, 1.54) is 46.7 Å². The highest BCUT2D eigenvalue weighted by molar-refractivity contribution is 6.03. The Morgan fingerprint density at radius 2 is 0.829 bits per heavy atom. The molecule has 9 atom stereocenters. The van der Waals surface area contributed by atoms with E-state index < -0.39 is 137 Å². The molecule has 1 fully saturated rings. The molecule has 0 spiro atoms. The number of allylic oxidation sites excluding steroid dienone is 2. The number of aryl methyl sites for hydroxylation is 2. The summed E-state index contributed by atoms with van der Waals surface area (Å²) in [6.45, 7) is 31.8. The Labute approximate surface area is 755 Å². The molecule has 31 nitrogen and oxygen atoms in total. The molecule has 0 bridgehead atoms. The fourth-order valence-corrected chi connectivity index (χ4v) is 11.7. The number of carbonyl (C=O) groups excluding carboxylic acids is 15. The van der Waals surface area contributed by atoms with Crippen LogP contribution in [0.1, 0.15) is 159 Å². The molecule has 129 heavy (non-hydrogen) atoms. The van der Waals surface area contributed by atoms with E-state index in [1.807, 2.05) is 140 Å². The van der Waals surface area contributed by atoms with Crippen LogP contribution in [-0.2, 0) is 142 Å². The van der Waals surface area contributed by atoms with Gasteiger partial charge in [0.2, 0.25) is 0 Å². The molecule has 0 saturated carbocycles. The van der Waals surface area contributed by atoms with Crippen LogP contribution in [0.5, 0.6) is 0 Å². The van der Waals surface area contributed by atoms with Crippen molar-refractivity contribution in [1.29, 1.82) is 0 Å². The lowest BCUT2D eigenvalue weighted by molar-refractivity contribution is -0.155. The summed E-state index contributed by atoms with van der Waals surface area (Å²) in [7, 11) is 5.00. The Bertz CT molecular complexity index is 4410. The first kappa shape index (κ1) is 113. The highest BCUT2D eigenvalue weighted by atomic mass is 16.6. The van der Waals surface area contributed by atoms with Gasteiger partial charge in [-0.25, -0.2) is 14.4 Å². The molecule has 5 aromatic rings. The first-order chi connectivity index (χ1) is 61.2. The first-order valence-electron chi connectivity index (χ1n) is 41.4. The van der Waals surface area contributed by atoms with Crippen LogP contribution in [0.25, 0.3) is 0 Å². The van der Waals surface area contributed by atoms with Crippen molar-refractivity contribution in [2.24, 2.45) is 35.3 Å². The van der Waals surface area contributed by atoms with Crippen LogP contribution in [0.2, 0.25) is 0 Å². The summed E-state index contributed by atoms with van der Waals surface area (Å²) in [5.74, 6) is -11.0. The molecule has 31 heteroatoms. The van der Waals surface area contributed by atoms with E-state index in [1.54, 1.807) is 71.9 Å². The van der Waals surface area contributed by atoms with Gasteiger partial charge in [0, 0.05) is 62.7 Å². The van der Waals surface area contributed by atoms with E-state index in [0.717, 1.165) is 27.8 Å². The molecular weight excluding hydrogens is 1670 g/mol. The third-order valence-corrected chi connectivity index (χ3v) is 18.2. The number of Topliss-reactive ketones (excluding diaryl/α,β-unsaturated/α-hetero) is 4. The lowest BCUT2D eigenvalue weighted by Gasteiger charge is -2.28. The second-order valence-corrected chi connectivity index (χ2v) is 30.9. The number of carboxylic acids is 1. The Hall–Kier alpha value is -13.6. The summed E-state index contributed by atoms with van der Waals surface area (Å²) in [4.78, 5) is 188. The van der Waals surface area contributed by atoms with Crippen LogP contribution in [0, 0.1) is 29.6 Å². The van der Waals surface area contributed by atoms with Crippen molar-refractivity contribution in [3.05, 3.63) is 255 Å². The Morgan fingerprint density at radius 3 is 1.20 bits per heavy atom. The second kappa shape index (κ2) is 64.2. The number of nitrogens with one attached hydrogen (secondary N) is 3. The largest absolute Gasteiger partial charge is 0.481 e. The van der Waals surface area contributed by atoms with Gasteiger partial charge < -0.3 is 74.2 Å². The van der Waals surface area contributed by atoms with Crippen LogP contribution in [0.4, 0.5) is 14.4 Å². The summed E-state index contributed by atoms with van der Waals surface area (Å²) in [5, 5.41) is 17.2. The summed E-state index contributed by atoms with van der Waals surface area (Å²) >= 11 is 0. The molecule has 9 unspecified atom stereocenters. The number of cyclic esters (lactones) is 2. The highest BCUT2D eigenvalue weighted by Gasteiger charge is 2.40. The minimum absolute atomic E-state index is 0.0220. The number of ether oxygens (including phenoxy) is 10. The number of nitrogens with two attached hydrogens (primary N) is 1. The number of hydrogen-bond donors (Lipinski definition) is 5. The fourth-order valence-electron chi connectivity index (χ4n) is 11.7. The molecule has 1 aliphatic rings. The summed E-state index contributed by atoms with van der Waals surface area (Å²) < 4.78 is 48.9. The number of methoxy groups -OCH3 is 4. The number of esters is 8. The molecule has 1 aliphatic heterocycles. The van der Waals surface area contributed by atoms with Crippen molar-refractivity contribution >= 4 is 95.1 Å². The fraction of sp³-hybridized carbons (Fsp3) is 0.408. The van der Waals surface area contributed by atoms with Crippen molar-refractivity contribution in [2.45, 2.75) is 199 Å². The number of hydrogen-bond acceptors (Lipinski definition) is 27. The van der Waals surface area contributed by atoms with Gasteiger partial charge in [-0.3, -0.25) is 62.3 Å². The highest BCUT2D eigenvalue weighted by Crippen LogP contribution is 2.24. The molecule has 0 radical (unpaired) electrons. The number of benzene rings is 5. The molecule has 700 valence electrons. The van der Waals surface area contributed by atoms with Crippen LogP contribution in [0.15, 0.2) is 228 Å². The van der Waals surface area contributed by atoms with E-state index >= 15 is 0 Å². The molecule has 6 N–H and O–H groups in total. The number of ketones is 4. The molecule has 1 heterocycles. The zero-order valence-corrected chi connectivity index (χ0v) is 75.4. The molecule has 3 amide bonds. The van der Waals surface area contributed by atoms with E-state index in [2.05, 4.69) is 69.6 Å². The molecular formula is C98H126N4O27. The SMILES string of the molecule is C=CCC(=O)C(CC(=O)CCc1ccccc1)C(=O)OC.C=CCC(=O)CC(=O)OC.C=CCC(N)C(CC(=O)CCc1ccccc1)C(=O)OC.C=CCC(NC(=O)OC(C)(C)C)C(CC(=O)OCc1ccccc1)C(=O)O.C=CCC(NC(=O)OC(C)(C)C)C(CC(=O)OCc1ccccc1)C(=O)OC.C=CCC1NC(=O)OC(=O)C1CC(=O)OCc1ccccc1. The quantitative estimate of drug-likeness (QED) is 0.0105. The molecule has 5 aromatic carbocycles. The van der Waals surface area contributed by atoms with Crippen molar-refractivity contribution in [1.82, 2.24) is 16.0 Å². The van der Waals surface area contributed by atoms with E-state index in [0.29, 0.717) is 38.5 Å². The normalized spacial score (nSPS) is 13.8. The van der Waals surface area contributed by atoms with E-state index in [-0.39, 0.29) is 107 Å². The average molecular weight is 1790 g/mol. The summed E-state index contributed by atoms with van der Waals surface area (Å²) in [5.41, 5.74) is 9.17. The maximum atomic E-state index is 12.3. The standard InChI is InChI=1S/C21H29NO6.C20H27NO6.C17H23NO3.C17H20O4.C16H17NO5.C7H10O3/c1-6-10-17(22-20(25)28-21(2,3)4)16(19(24)26-5)13-18(23)27-14-15-11-8-7-9-12-15;1-5-9-16(21-19(25)27-20(2,3)4)15(18(23)24)12-17(22)26-13-14-10-7-6-8-11-14;1-3-7-16(18)15(17(20)21-2)12-14(19)11-10-13-8-5-4-6-9-13;1-3-7-16(19)15(17(20)21-2)12-14(18)11-10-13-8-5-4-6-9-13;1-2-6-13-12(15(19)22-16(20)17-13)9-14(18)21-10-11-7-4-3-5-8-11;1-3-4-6(8)5-7(9)10-2/h6-9,11-12,16-17H,1,10,13-14H2,2-5H3,(H,22,25);5-8,10-11,15-16H,1,9,12-13H2,2-4H3,(H,21,25)(H,23,24);3-6,8-9,15-16H,1,7,10-12,18H2,2H3;3-6,8-9,15H,1,7,10-12H2,2H3;2-5,7-8,12-13H,1,6,9-10H2,(H,17,20);3H,1,4-5H2,2H3. The van der Waals surface area contributed by atoms with Gasteiger partial charge in [0.25, 0.3) is 0 Å². The summed E-state index contributed by atoms with van der Waals surface area (Å²) in [6, 6.07) is 44.4. The smallest absolute Gasteiger partial charge is 0.415 e. The zero-order valence-electron chi connectivity index (χ0n) is 75.4. The number of carboxylic acid groups (broad SMARTS) is 1. The number of carbonyl (C=O) groups is 16. The second-order valence-electron chi connectivity index (χ2n) is 30.9. The van der Waals surface area contributed by atoms with Crippen molar-refractivity contribution in [3.63, 3.8) is 0 Å². The third-order valence-electron chi connectivity index (χ3n) is 18.2. The van der Waals surface area contributed by atoms with Gasteiger partial charge in [0.05, 0.1) is 71.4 Å². The van der Waals surface area contributed by atoms with Crippen molar-refractivity contribution in [3.8, 4) is 0 Å². The van der Waals surface area contributed by atoms with Gasteiger partial charge in [-0.05, 0) is 108 Å². The zero-order chi connectivity index (χ0) is 96.9. The van der Waals surface area contributed by atoms with Crippen LogP contribution < -0.4 is 21.7 Å². The van der Waals surface area contributed by atoms with Crippen LogP contribution in [0.3, 0.4) is 0 Å². The predicted octanol–water partition coefficient (Wildman–Crippen LogP) is 14.1. The average Bonchev–Trinajstić information content (AvgIpc) is 0.834. The van der Waals surface area contributed by atoms with Gasteiger partial charge in [0.15, 0.2) is 5.78 Å². The van der Waals surface area contributed by atoms with Gasteiger partial charge in [-0.15, -0.1) is 39.5 Å². The molecule has 6 rings (SSSR count). The summed E-state index contributed by atoms with van der Waals surface area (Å²) in [6.07, 6.45) is 9.54. The van der Waals surface area contributed by atoms with E-state index in [4.69, 9.17) is 38.9 Å². The number of alkyl carbamates (subject to hydrolysis) is 3. The minimum atomic E-state index is -1.21. The number of amides is 3. The van der Waals surface area contributed by atoms with E-state index in [9.17, 15) is 81.8 Å². The molecule has 0 aliphatic carbocycles. The molecule has 0 aromatic heterocycles. The lowest BCUT2D eigenvalue weighted by Crippen LogP contribution is -2.51. The minimum Gasteiger partial charge on any atom is -0.481 e. The van der Waals surface area contributed by atoms with Gasteiger partial charge in [-0.1, -0.05) is 188 Å². The third kappa shape index (κ3) is 51.6. The maximum absolute atomic E-state index is 12.3. The van der Waals surface area contributed by atoms with Crippen molar-refractivity contribution in [2.75, 3.05) is 28.4 Å². The van der Waals surface area contributed by atoms with Crippen LogP contribution >= 0.6 is 0 Å². The molecule has 1 saturated heterocycles. The van der Waals surface area contributed by atoms with Crippen LogP contribution in [-0.4, -0.2) is 164 Å². The monoisotopic (exact) mass is 1790 g/mol. The topological polar surface area (TPSA) is 448 Å². The van der Waals surface area contributed by atoms with Gasteiger partial charge in [-0.2, -0.15) is 0 Å². The first-order valence-corrected chi connectivity index (χ1v) is 41.4. The van der Waals surface area contributed by atoms with Gasteiger partial charge in [0.1, 0.15) is 60.7 Å². The lowest BCUT2D eigenvalue weighted by atomic mass is 9.91. The Balaban J connectivity index is 0.000000788. The number of rotatable bonds is 46. The van der Waals surface area contributed by atoms with Crippen molar-refractivity contribution < 1.29 is 129 Å². The Morgan fingerprint density at radius 1 is 0.450 bits per heavy atom. The number of aliphatic carboxylic acids is 1.